The van der Waals surface area contributed by atoms with Gasteiger partial charge >= 0.3 is 0 Å². The summed E-state index contributed by atoms with van der Waals surface area (Å²) in [6.07, 6.45) is 4.74. The van der Waals surface area contributed by atoms with Crippen LogP contribution in [0.15, 0.2) is 0 Å². The summed E-state index contributed by atoms with van der Waals surface area (Å²) < 4.78 is 5.57. The van der Waals surface area contributed by atoms with Crippen molar-refractivity contribution in [3.63, 3.8) is 0 Å². The molecule has 0 radical (unpaired) electrons. The molecule has 0 N–H and O–H groups in total. The van der Waals surface area contributed by atoms with Crippen molar-refractivity contribution in [1.82, 2.24) is 0 Å². The lowest BCUT2D eigenvalue weighted by atomic mass is 10.0. The average molecular weight is 205 g/mol. The Bertz CT molecular complexity index is 122. The van der Waals surface area contributed by atoms with E-state index in [0.717, 1.165) is 23.8 Å². The van der Waals surface area contributed by atoms with Crippen LogP contribution in [0.25, 0.3) is 0 Å². The van der Waals surface area contributed by atoms with Gasteiger partial charge in [-0.05, 0) is 31.1 Å². The molecule has 0 bridgehead atoms. The van der Waals surface area contributed by atoms with Gasteiger partial charge in [-0.1, -0.05) is 15.9 Å². The topological polar surface area (TPSA) is 9.23 Å². The van der Waals surface area contributed by atoms with Gasteiger partial charge in [-0.3, -0.25) is 0 Å². The monoisotopic (exact) mass is 204 g/mol. The molecule has 1 saturated carbocycles. The first-order valence-electron chi connectivity index (χ1n) is 4.07. The first kappa shape index (κ1) is 7.11. The predicted octanol–water partition coefficient (Wildman–Crippen LogP) is 2.20. The highest BCUT2D eigenvalue weighted by Crippen LogP contribution is 2.42. The molecule has 1 aliphatic carbocycles. The molecule has 2 aliphatic rings. The molecular formula is C8H13BrO. The van der Waals surface area contributed by atoms with E-state index in [9.17, 15) is 0 Å². The smallest absolute Gasteiger partial charge is 0.0675 e. The first-order valence-corrected chi connectivity index (χ1v) is 5.20. The zero-order chi connectivity index (χ0) is 6.97. The van der Waals surface area contributed by atoms with Crippen molar-refractivity contribution in [3.8, 4) is 0 Å². The second-order valence-electron chi connectivity index (χ2n) is 3.44. The van der Waals surface area contributed by atoms with Crippen molar-refractivity contribution in [1.29, 1.82) is 0 Å². The van der Waals surface area contributed by atoms with Gasteiger partial charge < -0.3 is 4.74 Å². The van der Waals surface area contributed by atoms with Gasteiger partial charge in [0, 0.05) is 5.33 Å². The van der Waals surface area contributed by atoms with E-state index >= 15 is 0 Å². The Kier molecular flexibility index (Phi) is 2.01. The molecule has 1 aliphatic heterocycles. The minimum atomic E-state index is 0.519. The quantitative estimate of drug-likeness (QED) is 0.628. The van der Waals surface area contributed by atoms with Gasteiger partial charge in [0.05, 0.1) is 12.7 Å². The molecule has 0 aromatic heterocycles. The predicted molar refractivity (Wildman–Crippen MR) is 44.4 cm³/mol. The fraction of sp³-hybridized carbons (Fsp3) is 1.00. The Hall–Kier alpha value is 0.440. The minimum Gasteiger partial charge on any atom is -0.377 e. The molecule has 58 valence electrons. The summed E-state index contributed by atoms with van der Waals surface area (Å²) in [5, 5.41) is 1.02. The van der Waals surface area contributed by atoms with Crippen molar-refractivity contribution in [2.24, 2.45) is 11.8 Å². The van der Waals surface area contributed by atoms with Gasteiger partial charge in [-0.2, -0.15) is 0 Å². The van der Waals surface area contributed by atoms with Crippen LogP contribution in [0, 0.1) is 11.8 Å². The SMILES string of the molecule is BrC[C@H]1C[C@@H](C2CC2)CO1. The Labute approximate surface area is 70.3 Å². The molecule has 1 nitrogen and oxygen atoms in total. The van der Waals surface area contributed by atoms with Crippen LogP contribution in [0.5, 0.6) is 0 Å². The molecule has 0 aromatic carbocycles. The zero-order valence-corrected chi connectivity index (χ0v) is 7.64. The van der Waals surface area contributed by atoms with Crippen LogP contribution in [0.3, 0.4) is 0 Å². The summed E-state index contributed by atoms with van der Waals surface area (Å²) in [6.45, 7) is 1.03. The summed E-state index contributed by atoms with van der Waals surface area (Å²) in [5.41, 5.74) is 0. The van der Waals surface area contributed by atoms with Crippen molar-refractivity contribution in [3.05, 3.63) is 0 Å². The van der Waals surface area contributed by atoms with Crippen molar-refractivity contribution in [2.75, 3.05) is 11.9 Å². The summed E-state index contributed by atoms with van der Waals surface area (Å²) >= 11 is 3.45. The number of hydrogen-bond donors (Lipinski definition) is 0. The molecule has 1 saturated heterocycles. The van der Waals surface area contributed by atoms with Crippen molar-refractivity contribution >= 4 is 15.9 Å². The molecule has 1 heterocycles. The van der Waals surface area contributed by atoms with Crippen LogP contribution in [-0.2, 0) is 4.74 Å². The fourth-order valence-electron chi connectivity index (χ4n) is 1.74. The Balaban J connectivity index is 1.81. The highest BCUT2D eigenvalue weighted by atomic mass is 79.9. The molecule has 0 spiro atoms. The summed E-state index contributed by atoms with van der Waals surface area (Å²) in [6, 6.07) is 0. The van der Waals surface area contributed by atoms with Gasteiger partial charge in [-0.15, -0.1) is 0 Å². The lowest BCUT2D eigenvalue weighted by molar-refractivity contribution is 0.122. The molecule has 0 unspecified atom stereocenters. The Morgan fingerprint density at radius 2 is 2.10 bits per heavy atom. The number of ether oxygens (including phenoxy) is 1. The van der Waals surface area contributed by atoms with Gasteiger partial charge in [0.15, 0.2) is 0 Å². The number of hydrogen-bond acceptors (Lipinski definition) is 1. The summed E-state index contributed by atoms with van der Waals surface area (Å²) in [4.78, 5) is 0. The molecule has 2 fully saturated rings. The third-order valence-electron chi connectivity index (χ3n) is 2.57. The van der Waals surface area contributed by atoms with E-state index in [4.69, 9.17) is 4.74 Å². The van der Waals surface area contributed by atoms with E-state index in [1.54, 1.807) is 0 Å². The standard InChI is InChI=1S/C8H13BrO/c9-4-8-3-7(5-10-8)6-1-2-6/h6-8H,1-5H2/t7-,8-/m1/s1. The van der Waals surface area contributed by atoms with E-state index in [0.29, 0.717) is 6.10 Å². The molecule has 2 rings (SSSR count). The van der Waals surface area contributed by atoms with Crippen LogP contribution in [0.4, 0.5) is 0 Å². The maximum atomic E-state index is 5.57. The van der Waals surface area contributed by atoms with Gasteiger partial charge in [-0.25, -0.2) is 0 Å². The molecule has 2 heteroatoms. The van der Waals surface area contributed by atoms with E-state index in [2.05, 4.69) is 15.9 Å². The third-order valence-corrected chi connectivity index (χ3v) is 3.29. The zero-order valence-electron chi connectivity index (χ0n) is 6.05. The largest absolute Gasteiger partial charge is 0.377 e. The number of rotatable bonds is 2. The van der Waals surface area contributed by atoms with Crippen LogP contribution in [0.2, 0.25) is 0 Å². The molecule has 2 atom stereocenters. The third kappa shape index (κ3) is 1.37. The van der Waals surface area contributed by atoms with E-state index in [1.807, 2.05) is 0 Å². The van der Waals surface area contributed by atoms with Crippen LogP contribution >= 0.6 is 15.9 Å². The van der Waals surface area contributed by atoms with E-state index in [-0.39, 0.29) is 0 Å². The van der Waals surface area contributed by atoms with Crippen LogP contribution in [0.1, 0.15) is 19.3 Å². The van der Waals surface area contributed by atoms with E-state index < -0.39 is 0 Å². The van der Waals surface area contributed by atoms with Crippen molar-refractivity contribution < 1.29 is 4.74 Å². The molecule has 0 aromatic rings. The number of halogens is 1. The normalized spacial score (nSPS) is 40.5. The second-order valence-corrected chi connectivity index (χ2v) is 4.09. The summed E-state index contributed by atoms with van der Waals surface area (Å²) in [5.74, 6) is 1.94. The minimum absolute atomic E-state index is 0.519. The van der Waals surface area contributed by atoms with Crippen molar-refractivity contribution in [2.45, 2.75) is 25.4 Å². The van der Waals surface area contributed by atoms with Crippen LogP contribution < -0.4 is 0 Å². The fourth-order valence-corrected chi connectivity index (χ4v) is 2.19. The van der Waals surface area contributed by atoms with E-state index in [1.165, 1.54) is 19.3 Å². The average Bonchev–Trinajstić information content (AvgIpc) is 2.70. The van der Waals surface area contributed by atoms with Gasteiger partial charge in [0.25, 0.3) is 0 Å². The molecule has 0 amide bonds. The maximum absolute atomic E-state index is 5.57. The maximum Gasteiger partial charge on any atom is 0.0675 e. The highest BCUT2D eigenvalue weighted by molar-refractivity contribution is 9.09. The highest BCUT2D eigenvalue weighted by Gasteiger charge is 2.36. The molecule has 10 heavy (non-hydrogen) atoms. The Morgan fingerprint density at radius 3 is 2.60 bits per heavy atom. The molecular weight excluding hydrogens is 192 g/mol. The Morgan fingerprint density at radius 1 is 1.30 bits per heavy atom. The number of alkyl halides is 1. The lowest BCUT2D eigenvalue weighted by Crippen LogP contribution is -2.05. The van der Waals surface area contributed by atoms with Gasteiger partial charge in [0.1, 0.15) is 0 Å². The second kappa shape index (κ2) is 2.82. The van der Waals surface area contributed by atoms with Crippen LogP contribution in [-0.4, -0.2) is 18.0 Å². The van der Waals surface area contributed by atoms with Gasteiger partial charge in [0.2, 0.25) is 0 Å². The summed E-state index contributed by atoms with van der Waals surface area (Å²) in [7, 11) is 0. The first-order chi connectivity index (χ1) is 4.90. The lowest BCUT2D eigenvalue weighted by Gasteiger charge is -2.03.